The number of pyridine rings is 1. The number of alkyl halides is 3. The Hall–Kier alpha value is -3.82. The number of piperidine rings is 1. The molecular formula is C27H27F3N4O3. The number of aromatic nitrogens is 2. The van der Waals surface area contributed by atoms with Crippen molar-refractivity contribution in [2.24, 2.45) is 5.92 Å². The van der Waals surface area contributed by atoms with Crippen LogP contribution in [0.1, 0.15) is 36.6 Å². The van der Waals surface area contributed by atoms with Gasteiger partial charge in [0.15, 0.2) is 0 Å². The summed E-state index contributed by atoms with van der Waals surface area (Å²) >= 11 is 0. The van der Waals surface area contributed by atoms with Crippen molar-refractivity contribution in [3.63, 3.8) is 0 Å². The second-order valence-corrected chi connectivity index (χ2v) is 9.23. The highest BCUT2D eigenvalue weighted by Crippen LogP contribution is 2.34. The van der Waals surface area contributed by atoms with E-state index in [0.717, 1.165) is 34.8 Å². The number of esters is 1. The fourth-order valence-electron chi connectivity index (χ4n) is 5.10. The highest BCUT2D eigenvalue weighted by Gasteiger charge is 2.34. The smallest absolute Gasteiger partial charge is 0.416 e. The molecule has 0 spiro atoms. The van der Waals surface area contributed by atoms with Crippen LogP contribution in [0.5, 0.6) is 0 Å². The number of benzene rings is 1. The number of carbonyl (C=O) groups is 2. The lowest BCUT2D eigenvalue weighted by atomic mass is 9.95. The monoisotopic (exact) mass is 512 g/mol. The van der Waals surface area contributed by atoms with Crippen molar-refractivity contribution < 1.29 is 27.5 Å². The van der Waals surface area contributed by atoms with Crippen molar-refractivity contribution >= 4 is 34.2 Å². The van der Waals surface area contributed by atoms with Crippen molar-refractivity contribution in [2.75, 3.05) is 31.1 Å². The minimum absolute atomic E-state index is 0.104. The first-order valence-electron chi connectivity index (χ1n) is 12.3. The van der Waals surface area contributed by atoms with Gasteiger partial charge in [-0.15, -0.1) is 0 Å². The summed E-state index contributed by atoms with van der Waals surface area (Å²) in [5, 5.41) is 1.00. The van der Waals surface area contributed by atoms with Crippen LogP contribution in [0.4, 0.5) is 19.0 Å². The number of fused-ring (bicyclic) bond motifs is 3. The number of halogens is 3. The third-order valence-corrected chi connectivity index (χ3v) is 6.99. The highest BCUT2D eigenvalue weighted by molar-refractivity contribution is 6.18. The second kappa shape index (κ2) is 9.91. The van der Waals surface area contributed by atoms with Gasteiger partial charge in [0.25, 0.3) is 0 Å². The summed E-state index contributed by atoms with van der Waals surface area (Å²) in [5.74, 6) is -0.659. The Kier molecular flexibility index (Phi) is 6.66. The van der Waals surface area contributed by atoms with Crippen molar-refractivity contribution in [1.82, 2.24) is 14.9 Å². The Morgan fingerprint density at radius 3 is 2.62 bits per heavy atom. The number of rotatable bonds is 4. The predicted molar refractivity (Wildman–Crippen MR) is 133 cm³/mol. The van der Waals surface area contributed by atoms with Gasteiger partial charge in [0.2, 0.25) is 5.91 Å². The van der Waals surface area contributed by atoms with Crippen LogP contribution < -0.4 is 4.90 Å². The Morgan fingerprint density at radius 2 is 1.89 bits per heavy atom. The van der Waals surface area contributed by atoms with E-state index in [1.807, 2.05) is 24.3 Å². The Bertz CT molecular complexity index is 1360. The largest absolute Gasteiger partial charge is 0.462 e. The third kappa shape index (κ3) is 4.92. The van der Waals surface area contributed by atoms with Gasteiger partial charge < -0.3 is 19.5 Å². The molecule has 2 aromatic heterocycles. The van der Waals surface area contributed by atoms with Crippen LogP contribution in [0.2, 0.25) is 0 Å². The molecule has 4 heterocycles. The molecule has 10 heteroatoms. The van der Waals surface area contributed by atoms with Crippen LogP contribution in [0.25, 0.3) is 16.5 Å². The average molecular weight is 513 g/mol. The number of nitrogens with one attached hydrogen (secondary N) is 1. The molecule has 1 saturated heterocycles. The lowest BCUT2D eigenvalue weighted by Crippen LogP contribution is -2.41. The molecule has 1 N–H and O–H groups in total. The highest BCUT2D eigenvalue weighted by atomic mass is 19.4. The Morgan fingerprint density at radius 1 is 1.14 bits per heavy atom. The lowest BCUT2D eigenvalue weighted by Gasteiger charge is -2.34. The van der Waals surface area contributed by atoms with E-state index in [9.17, 15) is 22.8 Å². The lowest BCUT2D eigenvalue weighted by molar-refractivity contribution is -0.138. The number of amides is 1. The molecule has 0 saturated carbocycles. The van der Waals surface area contributed by atoms with Crippen LogP contribution in [0, 0.1) is 5.92 Å². The summed E-state index contributed by atoms with van der Waals surface area (Å²) in [6.07, 6.45) is -0.175. The number of hydrogen-bond donors (Lipinski definition) is 1. The summed E-state index contributed by atoms with van der Waals surface area (Å²) in [6.45, 7) is 3.18. The molecule has 37 heavy (non-hydrogen) atoms. The molecule has 0 bridgehead atoms. The first-order chi connectivity index (χ1) is 17.8. The van der Waals surface area contributed by atoms with E-state index in [0.29, 0.717) is 50.2 Å². The molecule has 0 radical (unpaired) electrons. The van der Waals surface area contributed by atoms with Gasteiger partial charge in [-0.1, -0.05) is 18.2 Å². The number of H-pyrrole nitrogens is 1. The van der Waals surface area contributed by atoms with Gasteiger partial charge in [-0.05, 0) is 49.9 Å². The molecule has 1 aromatic carbocycles. The SMILES string of the molecule is CCOC(=O)C1=CN(C(=O)C2CCN(c3cc(C(F)(F)F)ccn3)CC2)CCc2c1[nH]c1ccccc21. The molecule has 194 valence electrons. The second-order valence-electron chi connectivity index (χ2n) is 9.23. The van der Waals surface area contributed by atoms with Gasteiger partial charge in [0.05, 0.1) is 23.4 Å². The van der Waals surface area contributed by atoms with Crippen LogP contribution in [0.15, 0.2) is 48.8 Å². The number of aromatic amines is 1. The topological polar surface area (TPSA) is 78.5 Å². The Labute approximate surface area is 211 Å². The zero-order valence-corrected chi connectivity index (χ0v) is 20.3. The zero-order chi connectivity index (χ0) is 26.2. The molecule has 0 unspecified atom stereocenters. The van der Waals surface area contributed by atoms with E-state index >= 15 is 0 Å². The number of hydrogen-bond acceptors (Lipinski definition) is 5. The maximum atomic E-state index is 13.5. The first kappa shape index (κ1) is 24.9. The fraction of sp³-hybridized carbons (Fsp3) is 0.370. The minimum Gasteiger partial charge on any atom is -0.462 e. The molecule has 3 aromatic rings. The quantitative estimate of drug-likeness (QED) is 0.509. The molecular weight excluding hydrogens is 485 g/mol. The van der Waals surface area contributed by atoms with Gasteiger partial charge in [0.1, 0.15) is 5.82 Å². The van der Waals surface area contributed by atoms with Crippen molar-refractivity contribution in [1.29, 1.82) is 0 Å². The van der Waals surface area contributed by atoms with E-state index < -0.39 is 17.7 Å². The summed E-state index contributed by atoms with van der Waals surface area (Å²) in [7, 11) is 0. The van der Waals surface area contributed by atoms with E-state index in [4.69, 9.17) is 4.74 Å². The van der Waals surface area contributed by atoms with E-state index in [2.05, 4.69) is 9.97 Å². The van der Waals surface area contributed by atoms with Crippen LogP contribution in [0.3, 0.4) is 0 Å². The van der Waals surface area contributed by atoms with Crippen LogP contribution >= 0.6 is 0 Å². The van der Waals surface area contributed by atoms with Gasteiger partial charge in [-0.3, -0.25) is 4.79 Å². The van der Waals surface area contributed by atoms with Gasteiger partial charge in [-0.2, -0.15) is 13.2 Å². The predicted octanol–water partition coefficient (Wildman–Crippen LogP) is 4.79. The number of ether oxygens (including phenoxy) is 1. The number of para-hydroxylation sites is 1. The third-order valence-electron chi connectivity index (χ3n) is 6.99. The molecule has 7 nitrogen and oxygen atoms in total. The van der Waals surface area contributed by atoms with Gasteiger partial charge in [-0.25, -0.2) is 9.78 Å². The molecule has 0 aliphatic carbocycles. The molecule has 0 atom stereocenters. The van der Waals surface area contributed by atoms with E-state index in [1.165, 1.54) is 0 Å². The molecule has 2 aliphatic heterocycles. The standard InChI is InChI=1S/C27H27F3N4O3/c1-2-37-26(36)21-16-34(14-10-20-19-5-3-4-6-22(19)32-24(20)21)25(35)17-8-12-33(13-9-17)23-15-18(7-11-31-23)27(28,29)30/h3-7,11,15-17,32H,2,8-10,12-14H2,1H3. The zero-order valence-electron chi connectivity index (χ0n) is 20.3. The van der Waals surface area contributed by atoms with Crippen LogP contribution in [-0.2, 0) is 26.9 Å². The average Bonchev–Trinajstić information content (AvgIpc) is 3.15. The Balaban J connectivity index is 1.34. The summed E-state index contributed by atoms with van der Waals surface area (Å²) in [5.41, 5.74) is 2.12. The van der Waals surface area contributed by atoms with Crippen LogP contribution in [-0.4, -0.2) is 53.0 Å². The summed E-state index contributed by atoms with van der Waals surface area (Å²) in [4.78, 5) is 37.2. The number of carbonyl (C=O) groups excluding carboxylic acids is 2. The first-order valence-corrected chi connectivity index (χ1v) is 12.3. The molecule has 1 amide bonds. The van der Waals surface area contributed by atoms with Crippen molar-refractivity contribution in [3.05, 3.63) is 65.6 Å². The normalized spacial score (nSPS) is 16.8. The molecule has 5 rings (SSSR count). The summed E-state index contributed by atoms with van der Waals surface area (Å²) < 4.78 is 44.6. The summed E-state index contributed by atoms with van der Waals surface area (Å²) in [6, 6.07) is 9.79. The maximum absolute atomic E-state index is 13.5. The molecule has 2 aliphatic rings. The fourth-order valence-corrected chi connectivity index (χ4v) is 5.10. The number of anilines is 1. The molecule has 1 fully saturated rings. The van der Waals surface area contributed by atoms with Gasteiger partial charge >= 0.3 is 12.1 Å². The minimum atomic E-state index is -4.44. The van der Waals surface area contributed by atoms with Crippen molar-refractivity contribution in [2.45, 2.75) is 32.4 Å². The number of nitrogens with zero attached hydrogens (tertiary/aromatic N) is 3. The van der Waals surface area contributed by atoms with E-state index in [1.54, 1.807) is 22.9 Å². The maximum Gasteiger partial charge on any atom is 0.416 e. The van der Waals surface area contributed by atoms with Gasteiger partial charge in [0, 0.05) is 48.9 Å². The van der Waals surface area contributed by atoms with E-state index in [-0.39, 0.29) is 24.2 Å². The van der Waals surface area contributed by atoms with Crippen molar-refractivity contribution in [3.8, 4) is 0 Å².